The van der Waals surface area contributed by atoms with Gasteiger partial charge in [-0.05, 0) is 83.4 Å². The second-order valence-electron chi connectivity index (χ2n) is 8.84. The number of aryl methyl sites for hydroxylation is 2. The van der Waals surface area contributed by atoms with E-state index in [1.54, 1.807) is 7.11 Å². The van der Waals surface area contributed by atoms with Crippen molar-refractivity contribution in [2.75, 3.05) is 39.6 Å². The van der Waals surface area contributed by atoms with E-state index < -0.39 is 0 Å². The number of methoxy groups -OCH3 is 1. The van der Waals surface area contributed by atoms with E-state index >= 15 is 0 Å². The Kier molecular flexibility index (Phi) is 6.41. The molecule has 4 rings (SSSR count). The number of hydrogen-bond acceptors (Lipinski definition) is 6. The molecule has 1 aromatic carbocycles. The van der Waals surface area contributed by atoms with Gasteiger partial charge in [-0.3, -0.25) is 0 Å². The highest BCUT2D eigenvalue weighted by Crippen LogP contribution is 2.40. The third kappa shape index (κ3) is 4.24. The van der Waals surface area contributed by atoms with Crippen molar-refractivity contribution in [1.82, 2.24) is 14.5 Å². The molecular weight excluding hydrogens is 390 g/mol. The van der Waals surface area contributed by atoms with Gasteiger partial charge < -0.3 is 19.5 Å². The normalized spacial score (nSPS) is 14.7. The fourth-order valence-electron chi connectivity index (χ4n) is 4.62. The zero-order chi connectivity index (χ0) is 22.0. The Balaban J connectivity index is 1.94. The summed E-state index contributed by atoms with van der Waals surface area (Å²) >= 11 is 0. The molecule has 1 atom stereocenters. The van der Waals surface area contributed by atoms with Crippen LogP contribution in [0.3, 0.4) is 0 Å². The first kappa shape index (κ1) is 21.6. The maximum absolute atomic E-state index is 11.0. The number of nitroso groups, excluding NO2 is 1. The Bertz CT molecular complexity index is 1090. The van der Waals surface area contributed by atoms with Crippen LogP contribution < -0.4 is 10.1 Å². The molecule has 166 valence electrons. The summed E-state index contributed by atoms with van der Waals surface area (Å²) < 4.78 is 7.90. The SMILES string of the molecule is COc1ccc2c(c1)c1c(NCC(C)N=O)c3c(nc1n2CCCN(C)C)CCCC3. The number of fused-ring (bicyclic) bond motifs is 4. The number of ether oxygens (including phenoxy) is 1. The molecule has 7 nitrogen and oxygen atoms in total. The van der Waals surface area contributed by atoms with Crippen LogP contribution in [0.5, 0.6) is 5.75 Å². The number of pyridine rings is 1. The maximum Gasteiger partial charge on any atom is 0.143 e. The number of aromatic nitrogens is 2. The topological polar surface area (TPSA) is 71.7 Å². The molecule has 3 aromatic rings. The summed E-state index contributed by atoms with van der Waals surface area (Å²) in [5, 5.41) is 9.06. The Morgan fingerprint density at radius 3 is 2.84 bits per heavy atom. The first-order valence-electron chi connectivity index (χ1n) is 11.3. The summed E-state index contributed by atoms with van der Waals surface area (Å²) in [4.78, 5) is 18.4. The second-order valence-corrected chi connectivity index (χ2v) is 8.84. The predicted molar refractivity (Wildman–Crippen MR) is 127 cm³/mol. The summed E-state index contributed by atoms with van der Waals surface area (Å²) in [6.45, 7) is 4.29. The van der Waals surface area contributed by atoms with Crippen molar-refractivity contribution in [3.05, 3.63) is 34.4 Å². The van der Waals surface area contributed by atoms with Crippen LogP contribution in [0.15, 0.2) is 23.4 Å². The molecule has 0 spiro atoms. The molecule has 7 heteroatoms. The van der Waals surface area contributed by atoms with Gasteiger partial charge in [-0.2, -0.15) is 4.91 Å². The molecule has 0 saturated carbocycles. The van der Waals surface area contributed by atoms with E-state index in [4.69, 9.17) is 9.72 Å². The van der Waals surface area contributed by atoms with E-state index in [2.05, 4.69) is 46.2 Å². The lowest BCUT2D eigenvalue weighted by atomic mass is 9.93. The van der Waals surface area contributed by atoms with Crippen LogP contribution in [0.1, 0.15) is 37.4 Å². The fraction of sp³-hybridized carbons (Fsp3) is 0.542. The van der Waals surface area contributed by atoms with Gasteiger partial charge in [0.2, 0.25) is 0 Å². The van der Waals surface area contributed by atoms with Gasteiger partial charge in [0, 0.05) is 24.2 Å². The molecule has 1 N–H and O–H groups in total. The molecule has 1 aliphatic rings. The van der Waals surface area contributed by atoms with Crippen molar-refractivity contribution >= 4 is 27.6 Å². The van der Waals surface area contributed by atoms with Crippen molar-refractivity contribution in [3.63, 3.8) is 0 Å². The number of nitrogens with zero attached hydrogens (tertiary/aromatic N) is 4. The highest BCUT2D eigenvalue weighted by molar-refractivity contribution is 6.14. The van der Waals surface area contributed by atoms with Crippen LogP contribution in [-0.4, -0.2) is 54.8 Å². The van der Waals surface area contributed by atoms with E-state index in [1.807, 2.05) is 13.0 Å². The summed E-state index contributed by atoms with van der Waals surface area (Å²) in [5.41, 5.74) is 5.81. The van der Waals surface area contributed by atoms with Gasteiger partial charge in [-0.1, -0.05) is 5.18 Å². The van der Waals surface area contributed by atoms with Crippen LogP contribution in [0.2, 0.25) is 0 Å². The Labute approximate surface area is 183 Å². The van der Waals surface area contributed by atoms with Gasteiger partial charge in [-0.15, -0.1) is 0 Å². The fourth-order valence-corrected chi connectivity index (χ4v) is 4.62. The maximum atomic E-state index is 11.0. The Morgan fingerprint density at radius 1 is 1.29 bits per heavy atom. The molecule has 31 heavy (non-hydrogen) atoms. The lowest BCUT2D eigenvalue weighted by molar-refractivity contribution is 0.389. The molecular formula is C24H33N5O2. The highest BCUT2D eigenvalue weighted by Gasteiger charge is 2.24. The van der Waals surface area contributed by atoms with Crippen LogP contribution in [0.25, 0.3) is 21.9 Å². The molecule has 0 saturated heterocycles. The minimum atomic E-state index is -0.287. The quantitative estimate of drug-likeness (QED) is 0.510. The lowest BCUT2D eigenvalue weighted by Crippen LogP contribution is -2.18. The molecule has 0 radical (unpaired) electrons. The average Bonchev–Trinajstić information content (AvgIpc) is 3.08. The van der Waals surface area contributed by atoms with Crippen molar-refractivity contribution in [3.8, 4) is 5.75 Å². The highest BCUT2D eigenvalue weighted by atomic mass is 16.5. The van der Waals surface area contributed by atoms with E-state index in [0.717, 1.165) is 60.2 Å². The lowest BCUT2D eigenvalue weighted by Gasteiger charge is -2.21. The molecule has 0 aliphatic heterocycles. The van der Waals surface area contributed by atoms with Gasteiger partial charge >= 0.3 is 0 Å². The monoisotopic (exact) mass is 423 g/mol. The van der Waals surface area contributed by atoms with Crippen molar-refractivity contribution in [2.24, 2.45) is 5.18 Å². The van der Waals surface area contributed by atoms with Crippen molar-refractivity contribution < 1.29 is 4.74 Å². The number of hydrogen-bond donors (Lipinski definition) is 1. The largest absolute Gasteiger partial charge is 0.497 e. The van der Waals surface area contributed by atoms with Gasteiger partial charge in [0.1, 0.15) is 17.4 Å². The van der Waals surface area contributed by atoms with Crippen LogP contribution in [0.4, 0.5) is 5.69 Å². The zero-order valence-corrected chi connectivity index (χ0v) is 19.1. The second kappa shape index (κ2) is 9.22. The van der Waals surface area contributed by atoms with Crippen molar-refractivity contribution in [1.29, 1.82) is 0 Å². The third-order valence-corrected chi connectivity index (χ3v) is 6.22. The summed E-state index contributed by atoms with van der Waals surface area (Å²) in [6.07, 6.45) is 5.41. The molecule has 2 aromatic heterocycles. The van der Waals surface area contributed by atoms with E-state index in [9.17, 15) is 4.91 Å². The summed E-state index contributed by atoms with van der Waals surface area (Å²) in [5.74, 6) is 0.839. The molecule has 0 bridgehead atoms. The molecule has 0 amide bonds. The summed E-state index contributed by atoms with van der Waals surface area (Å²) in [7, 11) is 5.92. The minimum absolute atomic E-state index is 0.287. The van der Waals surface area contributed by atoms with Crippen LogP contribution >= 0.6 is 0 Å². The van der Waals surface area contributed by atoms with Crippen LogP contribution in [-0.2, 0) is 19.4 Å². The van der Waals surface area contributed by atoms with Gasteiger partial charge in [0.15, 0.2) is 0 Å². The van der Waals surface area contributed by atoms with E-state index in [-0.39, 0.29) is 6.04 Å². The van der Waals surface area contributed by atoms with E-state index in [1.165, 1.54) is 29.6 Å². The Morgan fingerprint density at radius 2 is 2.10 bits per heavy atom. The van der Waals surface area contributed by atoms with Gasteiger partial charge in [0.05, 0.1) is 23.7 Å². The van der Waals surface area contributed by atoms with Crippen LogP contribution in [0, 0.1) is 4.91 Å². The molecule has 1 aliphatic carbocycles. The zero-order valence-electron chi connectivity index (χ0n) is 19.1. The molecule has 2 heterocycles. The Hall–Kier alpha value is -2.67. The predicted octanol–water partition coefficient (Wildman–Crippen LogP) is 4.60. The number of benzene rings is 1. The first-order chi connectivity index (χ1) is 15.0. The number of nitrogens with one attached hydrogen (secondary N) is 1. The first-order valence-corrected chi connectivity index (χ1v) is 11.3. The van der Waals surface area contributed by atoms with Gasteiger partial charge in [-0.25, -0.2) is 4.98 Å². The molecule has 1 unspecified atom stereocenters. The standard InChI is InChI=1S/C24H33N5O2/c1-16(27-30)15-25-23-18-8-5-6-9-20(18)26-24-22(23)19-14-17(31-4)10-11-21(19)29(24)13-7-12-28(2)3/h10-11,14,16H,5-9,12-13,15H2,1-4H3,(H,25,26). The summed E-state index contributed by atoms with van der Waals surface area (Å²) in [6, 6.07) is 5.99. The average molecular weight is 424 g/mol. The third-order valence-electron chi connectivity index (χ3n) is 6.22. The number of anilines is 1. The van der Waals surface area contributed by atoms with Gasteiger partial charge in [0.25, 0.3) is 0 Å². The van der Waals surface area contributed by atoms with E-state index in [0.29, 0.717) is 6.54 Å². The number of rotatable bonds is 9. The smallest absolute Gasteiger partial charge is 0.143 e. The van der Waals surface area contributed by atoms with Crippen molar-refractivity contribution in [2.45, 2.75) is 51.6 Å². The minimum Gasteiger partial charge on any atom is -0.497 e. The molecule has 0 fully saturated rings.